The molecule has 6 heteroatoms. The molecule has 3 aromatic rings. The lowest BCUT2D eigenvalue weighted by Crippen LogP contribution is -2.43. The minimum atomic E-state index is -0.470. The van der Waals surface area contributed by atoms with Gasteiger partial charge in [0.2, 0.25) is 0 Å². The number of rotatable bonds is 7. The summed E-state index contributed by atoms with van der Waals surface area (Å²) < 4.78 is 11.0. The molecule has 3 rings (SSSR count). The Morgan fingerprint density at radius 1 is 0.828 bits per heavy atom. The summed E-state index contributed by atoms with van der Waals surface area (Å²) in [5.41, 5.74) is 6.99. The number of hydrazine groups is 1. The summed E-state index contributed by atoms with van der Waals surface area (Å²) in [6.07, 6.45) is 0. The summed E-state index contributed by atoms with van der Waals surface area (Å²) in [5, 5.41) is 0. The Hall–Kier alpha value is -3.80. The Morgan fingerprint density at radius 2 is 1.59 bits per heavy atom. The van der Waals surface area contributed by atoms with E-state index in [-0.39, 0.29) is 6.61 Å². The van der Waals surface area contributed by atoms with Crippen molar-refractivity contribution in [2.24, 2.45) is 0 Å². The maximum Gasteiger partial charge on any atom is 0.276 e. The van der Waals surface area contributed by atoms with Crippen LogP contribution in [0.4, 0.5) is 0 Å². The van der Waals surface area contributed by atoms with E-state index in [4.69, 9.17) is 9.47 Å². The third kappa shape index (κ3) is 5.59. The lowest BCUT2D eigenvalue weighted by Gasteiger charge is -2.12. The van der Waals surface area contributed by atoms with Crippen LogP contribution in [0, 0.1) is 0 Å². The predicted octanol–water partition coefficient (Wildman–Crippen LogP) is 3.59. The summed E-state index contributed by atoms with van der Waals surface area (Å²) >= 11 is 0. The van der Waals surface area contributed by atoms with Gasteiger partial charge in [0.1, 0.15) is 11.5 Å². The maximum absolute atomic E-state index is 12.2. The van der Waals surface area contributed by atoms with E-state index in [0.717, 1.165) is 11.1 Å². The number of nitrogens with one attached hydrogen (secondary N) is 2. The molecular formula is C23H22N2O4. The van der Waals surface area contributed by atoms with Crippen LogP contribution in [0.1, 0.15) is 17.3 Å². The molecule has 0 heterocycles. The lowest BCUT2D eigenvalue weighted by molar-refractivity contribution is -0.123. The van der Waals surface area contributed by atoms with Gasteiger partial charge in [-0.15, -0.1) is 0 Å². The Labute approximate surface area is 169 Å². The number of ether oxygens (including phenoxy) is 2. The van der Waals surface area contributed by atoms with Crippen molar-refractivity contribution >= 4 is 11.8 Å². The fraction of sp³-hybridized carbons (Fsp3) is 0.130. The Morgan fingerprint density at radius 3 is 2.38 bits per heavy atom. The molecule has 0 spiro atoms. The maximum atomic E-state index is 12.2. The van der Waals surface area contributed by atoms with E-state index in [9.17, 15) is 9.59 Å². The number of hydrogen-bond donors (Lipinski definition) is 2. The van der Waals surface area contributed by atoms with Gasteiger partial charge < -0.3 is 9.47 Å². The Bertz CT molecular complexity index is 973. The fourth-order valence-corrected chi connectivity index (χ4v) is 2.72. The van der Waals surface area contributed by atoms with Crippen molar-refractivity contribution in [1.82, 2.24) is 10.9 Å². The van der Waals surface area contributed by atoms with E-state index >= 15 is 0 Å². The molecule has 148 valence electrons. The number of hydrogen-bond acceptors (Lipinski definition) is 4. The van der Waals surface area contributed by atoms with Crippen LogP contribution in [0.25, 0.3) is 11.1 Å². The minimum absolute atomic E-state index is 0.233. The van der Waals surface area contributed by atoms with Crippen LogP contribution < -0.4 is 20.3 Å². The Balaban J connectivity index is 1.55. The van der Waals surface area contributed by atoms with Crippen molar-refractivity contribution in [2.75, 3.05) is 13.2 Å². The highest BCUT2D eigenvalue weighted by Crippen LogP contribution is 2.29. The molecule has 0 aliphatic heterocycles. The van der Waals surface area contributed by atoms with Crippen molar-refractivity contribution in [3.05, 3.63) is 84.4 Å². The van der Waals surface area contributed by atoms with Crippen molar-refractivity contribution in [1.29, 1.82) is 0 Å². The first-order valence-electron chi connectivity index (χ1n) is 9.26. The number of amides is 2. The summed E-state index contributed by atoms with van der Waals surface area (Å²) in [4.78, 5) is 24.3. The van der Waals surface area contributed by atoms with Crippen LogP contribution in [0.15, 0.2) is 78.9 Å². The van der Waals surface area contributed by atoms with Crippen molar-refractivity contribution in [3.8, 4) is 22.6 Å². The quantitative estimate of drug-likeness (QED) is 0.605. The molecule has 6 nitrogen and oxygen atoms in total. The highest BCUT2D eigenvalue weighted by Gasteiger charge is 2.11. The highest BCUT2D eigenvalue weighted by atomic mass is 16.5. The van der Waals surface area contributed by atoms with Crippen LogP contribution in [-0.4, -0.2) is 25.0 Å². The number of benzene rings is 3. The molecule has 29 heavy (non-hydrogen) atoms. The van der Waals surface area contributed by atoms with Crippen molar-refractivity contribution in [2.45, 2.75) is 6.92 Å². The van der Waals surface area contributed by atoms with Gasteiger partial charge in [-0.3, -0.25) is 20.4 Å². The van der Waals surface area contributed by atoms with Gasteiger partial charge in [-0.1, -0.05) is 54.6 Å². The van der Waals surface area contributed by atoms with E-state index in [1.807, 2.05) is 55.5 Å². The molecule has 0 unspecified atom stereocenters. The van der Waals surface area contributed by atoms with Crippen molar-refractivity contribution < 1.29 is 19.1 Å². The lowest BCUT2D eigenvalue weighted by atomic mass is 10.1. The molecule has 2 N–H and O–H groups in total. The van der Waals surface area contributed by atoms with E-state index in [1.54, 1.807) is 30.3 Å². The molecule has 0 atom stereocenters. The first-order valence-corrected chi connectivity index (χ1v) is 9.26. The molecule has 0 aromatic heterocycles. The molecule has 0 aliphatic rings. The summed E-state index contributed by atoms with van der Waals surface area (Å²) in [6, 6.07) is 24.0. The van der Waals surface area contributed by atoms with E-state index < -0.39 is 11.8 Å². The minimum Gasteiger partial charge on any atom is -0.494 e. The van der Waals surface area contributed by atoms with Gasteiger partial charge in [0.15, 0.2) is 6.61 Å². The molecule has 3 aromatic carbocycles. The molecule has 0 saturated carbocycles. The fourth-order valence-electron chi connectivity index (χ4n) is 2.72. The van der Waals surface area contributed by atoms with Crippen LogP contribution >= 0.6 is 0 Å². The number of carbonyl (C=O) groups excluding carboxylic acids is 2. The highest BCUT2D eigenvalue weighted by molar-refractivity contribution is 5.95. The molecule has 0 saturated heterocycles. The predicted molar refractivity (Wildman–Crippen MR) is 111 cm³/mol. The first kappa shape index (κ1) is 19.9. The summed E-state index contributed by atoms with van der Waals surface area (Å²) in [6.45, 7) is 2.13. The zero-order valence-corrected chi connectivity index (χ0v) is 16.1. The Kier molecular flexibility index (Phi) is 6.84. The number of para-hydroxylation sites is 1. The van der Waals surface area contributed by atoms with E-state index in [2.05, 4.69) is 10.9 Å². The third-order valence-electron chi connectivity index (χ3n) is 4.05. The molecule has 0 bridgehead atoms. The van der Waals surface area contributed by atoms with Gasteiger partial charge in [0, 0.05) is 11.1 Å². The second-order valence-electron chi connectivity index (χ2n) is 6.11. The van der Waals surface area contributed by atoms with Gasteiger partial charge >= 0.3 is 0 Å². The van der Waals surface area contributed by atoms with Crippen LogP contribution in [0.2, 0.25) is 0 Å². The molecule has 0 aliphatic carbocycles. The summed E-state index contributed by atoms with van der Waals surface area (Å²) in [5.74, 6) is 0.267. The average molecular weight is 390 g/mol. The van der Waals surface area contributed by atoms with Crippen LogP contribution in [0.5, 0.6) is 11.5 Å². The third-order valence-corrected chi connectivity index (χ3v) is 4.05. The van der Waals surface area contributed by atoms with Crippen LogP contribution in [-0.2, 0) is 4.79 Å². The van der Waals surface area contributed by atoms with E-state index in [1.165, 1.54) is 0 Å². The van der Waals surface area contributed by atoms with Gasteiger partial charge in [-0.05, 0) is 36.8 Å². The zero-order chi connectivity index (χ0) is 20.5. The zero-order valence-electron chi connectivity index (χ0n) is 16.1. The summed E-state index contributed by atoms with van der Waals surface area (Å²) in [7, 11) is 0. The second kappa shape index (κ2) is 9.94. The SMILES string of the molecule is CCOc1cccc(C(=O)NNC(=O)COc2ccccc2-c2ccccc2)c1. The first-order chi connectivity index (χ1) is 14.2. The monoisotopic (exact) mass is 390 g/mol. The van der Waals surface area contributed by atoms with Crippen molar-refractivity contribution in [3.63, 3.8) is 0 Å². The molecule has 0 fully saturated rings. The van der Waals surface area contributed by atoms with Gasteiger partial charge in [0.25, 0.3) is 11.8 Å². The van der Waals surface area contributed by atoms with Gasteiger partial charge in [0.05, 0.1) is 6.61 Å². The largest absolute Gasteiger partial charge is 0.494 e. The normalized spacial score (nSPS) is 10.1. The molecule has 2 amide bonds. The second-order valence-corrected chi connectivity index (χ2v) is 6.11. The van der Waals surface area contributed by atoms with Crippen LogP contribution in [0.3, 0.4) is 0 Å². The smallest absolute Gasteiger partial charge is 0.276 e. The average Bonchev–Trinajstić information content (AvgIpc) is 2.77. The molecule has 0 radical (unpaired) electrons. The standard InChI is InChI=1S/C23H22N2O4/c1-2-28-19-12-8-11-18(15-19)23(27)25-24-22(26)16-29-21-14-7-6-13-20(21)17-9-4-3-5-10-17/h3-15H,2,16H2,1H3,(H,24,26)(H,25,27). The topological polar surface area (TPSA) is 76.7 Å². The van der Waals surface area contributed by atoms with Gasteiger partial charge in [-0.25, -0.2) is 0 Å². The number of carbonyl (C=O) groups is 2. The van der Waals surface area contributed by atoms with E-state index in [0.29, 0.717) is 23.7 Å². The van der Waals surface area contributed by atoms with Gasteiger partial charge in [-0.2, -0.15) is 0 Å². The molecular weight excluding hydrogens is 368 g/mol.